The van der Waals surface area contributed by atoms with Crippen LogP contribution in [0.3, 0.4) is 0 Å². The van der Waals surface area contributed by atoms with Crippen molar-refractivity contribution in [1.29, 1.82) is 0 Å². The van der Waals surface area contributed by atoms with Gasteiger partial charge in [-0.15, -0.1) is 11.3 Å². The van der Waals surface area contributed by atoms with E-state index in [2.05, 4.69) is 4.98 Å². The van der Waals surface area contributed by atoms with Crippen LogP contribution in [0.4, 0.5) is 5.13 Å². The lowest BCUT2D eigenvalue weighted by molar-refractivity contribution is -0.121. The minimum Gasteiger partial charge on any atom is -0.282 e. The van der Waals surface area contributed by atoms with Gasteiger partial charge in [0, 0.05) is 24.0 Å². The van der Waals surface area contributed by atoms with Crippen LogP contribution in [-0.2, 0) is 21.4 Å². The Hall–Kier alpha value is -2.37. The van der Waals surface area contributed by atoms with Crippen LogP contribution < -0.4 is 4.90 Å². The van der Waals surface area contributed by atoms with Gasteiger partial charge in [-0.3, -0.25) is 14.7 Å². The first-order valence-corrected chi connectivity index (χ1v) is 14.2. The second-order valence-corrected chi connectivity index (χ2v) is 12.6. The van der Waals surface area contributed by atoms with Crippen LogP contribution in [0.1, 0.15) is 24.0 Å². The summed E-state index contributed by atoms with van der Waals surface area (Å²) in [7, 11) is -3.76. The summed E-state index contributed by atoms with van der Waals surface area (Å²) >= 11 is 8.77. The highest BCUT2D eigenvalue weighted by Gasteiger charge is 2.42. The molecule has 1 aliphatic heterocycles. The van der Waals surface area contributed by atoms with Gasteiger partial charge in [-0.25, -0.2) is 13.4 Å². The third-order valence-electron chi connectivity index (χ3n) is 5.75. The number of hydrogen-bond donors (Lipinski definition) is 0. The second-order valence-electron chi connectivity index (χ2n) is 8.06. The lowest BCUT2D eigenvalue weighted by Crippen LogP contribution is -2.47. The van der Waals surface area contributed by atoms with Gasteiger partial charge in [0.05, 0.1) is 16.8 Å². The topological polar surface area (TPSA) is 83.5 Å². The molecule has 0 bridgehead atoms. The van der Waals surface area contributed by atoms with Crippen molar-refractivity contribution in [3.8, 4) is 0 Å². The molecule has 0 aliphatic carbocycles. The molecule has 176 valence electrons. The van der Waals surface area contributed by atoms with Crippen molar-refractivity contribution in [2.75, 3.05) is 11.4 Å². The lowest BCUT2D eigenvalue weighted by atomic mass is 10.2. The van der Waals surface area contributed by atoms with E-state index in [-0.39, 0.29) is 16.7 Å². The number of sulfonamides is 1. The first kappa shape index (κ1) is 23.4. The van der Waals surface area contributed by atoms with Gasteiger partial charge in [-0.1, -0.05) is 35.1 Å². The first-order chi connectivity index (χ1) is 16.3. The quantitative estimate of drug-likeness (QED) is 0.345. The van der Waals surface area contributed by atoms with Crippen molar-refractivity contribution >= 4 is 65.6 Å². The number of benzene rings is 1. The molecular weight excluding hydrogens is 512 g/mol. The number of amides is 1. The number of thiophene rings is 1. The SMILES string of the molecule is Cc1cc(Cl)cc2sc(N(Cc3cccnc3)C(=O)C3CCCN3S(=O)(=O)c3cccs3)nc12. The number of halogens is 1. The lowest BCUT2D eigenvalue weighted by Gasteiger charge is -2.28. The van der Waals surface area contributed by atoms with Crippen LogP contribution in [0.25, 0.3) is 10.2 Å². The molecular formula is C23H21ClN4O3S3. The molecule has 3 aromatic heterocycles. The van der Waals surface area contributed by atoms with Crippen molar-refractivity contribution in [3.63, 3.8) is 0 Å². The maximum Gasteiger partial charge on any atom is 0.253 e. The van der Waals surface area contributed by atoms with E-state index >= 15 is 0 Å². The standard InChI is InChI=1S/C23H21ClN4O3S3/c1-15-11-17(24)12-19-21(15)26-23(33-19)27(14-16-5-2-8-25-13-16)22(29)18-6-3-9-28(18)34(30,31)20-7-4-10-32-20/h2,4-5,7-8,10-13,18H,3,6,9,14H2,1H3. The smallest absolute Gasteiger partial charge is 0.253 e. The Morgan fingerprint density at radius 1 is 1.29 bits per heavy atom. The number of anilines is 1. The maximum absolute atomic E-state index is 13.9. The number of carbonyl (C=O) groups excluding carboxylic acids is 1. The average Bonchev–Trinajstić information content (AvgIpc) is 3.58. The van der Waals surface area contributed by atoms with Gasteiger partial charge in [-0.05, 0) is 60.5 Å². The predicted molar refractivity (Wildman–Crippen MR) is 136 cm³/mol. The van der Waals surface area contributed by atoms with Gasteiger partial charge in [0.1, 0.15) is 10.3 Å². The maximum atomic E-state index is 13.9. The normalized spacial score (nSPS) is 16.8. The number of rotatable bonds is 6. The molecule has 1 amide bonds. The Labute approximate surface area is 210 Å². The zero-order valence-electron chi connectivity index (χ0n) is 18.2. The summed E-state index contributed by atoms with van der Waals surface area (Å²) in [6.45, 7) is 2.48. The monoisotopic (exact) mass is 532 g/mol. The summed E-state index contributed by atoms with van der Waals surface area (Å²) < 4.78 is 29.0. The molecule has 1 aromatic carbocycles. The average molecular weight is 533 g/mol. The number of hydrogen-bond acceptors (Lipinski definition) is 7. The summed E-state index contributed by atoms with van der Waals surface area (Å²) in [5.41, 5.74) is 2.53. The van der Waals surface area contributed by atoms with Gasteiger partial charge in [0.25, 0.3) is 10.0 Å². The number of fused-ring (bicyclic) bond motifs is 1. The number of aromatic nitrogens is 2. The van der Waals surface area contributed by atoms with Gasteiger partial charge in [-0.2, -0.15) is 4.31 Å². The highest BCUT2D eigenvalue weighted by atomic mass is 35.5. The molecule has 1 unspecified atom stereocenters. The molecule has 4 aromatic rings. The van der Waals surface area contributed by atoms with E-state index in [1.54, 1.807) is 34.8 Å². The van der Waals surface area contributed by atoms with Gasteiger partial charge >= 0.3 is 0 Å². The Morgan fingerprint density at radius 3 is 2.88 bits per heavy atom. The van der Waals surface area contributed by atoms with Gasteiger partial charge in [0.2, 0.25) is 5.91 Å². The second kappa shape index (κ2) is 9.35. The number of pyridine rings is 1. The molecule has 0 N–H and O–H groups in total. The van der Waals surface area contributed by atoms with Gasteiger partial charge in [0.15, 0.2) is 5.13 Å². The fourth-order valence-corrected chi connectivity index (χ4v) is 8.35. The molecule has 1 aliphatic rings. The first-order valence-electron chi connectivity index (χ1n) is 10.7. The van der Waals surface area contributed by atoms with E-state index < -0.39 is 16.1 Å². The van der Waals surface area contributed by atoms with E-state index in [1.165, 1.54) is 15.6 Å². The summed E-state index contributed by atoms with van der Waals surface area (Å²) in [5.74, 6) is -0.288. The van der Waals surface area contributed by atoms with Crippen molar-refractivity contribution in [3.05, 3.63) is 70.3 Å². The minimum absolute atomic E-state index is 0.239. The highest BCUT2D eigenvalue weighted by molar-refractivity contribution is 7.91. The number of aryl methyl sites for hydroxylation is 1. The molecule has 34 heavy (non-hydrogen) atoms. The molecule has 0 radical (unpaired) electrons. The molecule has 11 heteroatoms. The number of nitrogens with zero attached hydrogens (tertiary/aromatic N) is 4. The highest BCUT2D eigenvalue weighted by Crippen LogP contribution is 2.36. The molecule has 1 saturated heterocycles. The Kier molecular flexibility index (Phi) is 6.43. The summed E-state index contributed by atoms with van der Waals surface area (Å²) in [6, 6.07) is 9.86. The van der Waals surface area contributed by atoms with Gasteiger partial charge < -0.3 is 0 Å². The van der Waals surface area contributed by atoms with E-state index in [1.807, 2.05) is 31.2 Å². The van der Waals surface area contributed by atoms with E-state index in [0.717, 1.165) is 32.7 Å². The van der Waals surface area contributed by atoms with Crippen LogP contribution >= 0.6 is 34.3 Å². The summed E-state index contributed by atoms with van der Waals surface area (Å²) in [4.78, 5) is 24.5. The van der Waals surface area contributed by atoms with Crippen molar-refractivity contribution in [2.24, 2.45) is 0 Å². The van der Waals surface area contributed by atoms with E-state index in [9.17, 15) is 13.2 Å². The molecule has 7 nitrogen and oxygen atoms in total. The molecule has 4 heterocycles. The van der Waals surface area contributed by atoms with Crippen LogP contribution in [0.5, 0.6) is 0 Å². The Bertz CT molecular complexity index is 1440. The minimum atomic E-state index is -3.76. The fraction of sp³-hybridized carbons (Fsp3) is 0.261. The van der Waals surface area contributed by atoms with Crippen LogP contribution in [0.15, 0.2) is 58.4 Å². The predicted octanol–water partition coefficient (Wildman–Crippen LogP) is 5.10. The van der Waals surface area contributed by atoms with E-state index in [4.69, 9.17) is 16.6 Å². The zero-order valence-corrected chi connectivity index (χ0v) is 21.4. The van der Waals surface area contributed by atoms with Crippen LogP contribution in [0.2, 0.25) is 5.02 Å². The molecule has 0 saturated carbocycles. The van der Waals surface area contributed by atoms with Crippen LogP contribution in [0, 0.1) is 6.92 Å². The molecule has 1 fully saturated rings. The Balaban J connectivity index is 1.55. The van der Waals surface area contributed by atoms with Crippen molar-refractivity contribution < 1.29 is 13.2 Å². The largest absolute Gasteiger partial charge is 0.282 e. The van der Waals surface area contributed by atoms with E-state index in [0.29, 0.717) is 29.5 Å². The summed E-state index contributed by atoms with van der Waals surface area (Å²) in [6.07, 6.45) is 4.45. The number of thiazole rings is 1. The summed E-state index contributed by atoms with van der Waals surface area (Å²) in [5, 5.41) is 2.84. The molecule has 0 spiro atoms. The van der Waals surface area contributed by atoms with Crippen molar-refractivity contribution in [2.45, 2.75) is 36.6 Å². The third kappa shape index (κ3) is 4.36. The Morgan fingerprint density at radius 2 is 2.15 bits per heavy atom. The number of carbonyl (C=O) groups is 1. The molecule has 1 atom stereocenters. The molecule has 5 rings (SSSR count). The van der Waals surface area contributed by atoms with Crippen LogP contribution in [-0.4, -0.2) is 41.2 Å². The zero-order chi connectivity index (χ0) is 23.9. The third-order valence-corrected chi connectivity index (χ3v) is 10.3. The fourth-order valence-electron chi connectivity index (χ4n) is 4.15. The van der Waals surface area contributed by atoms with Crippen molar-refractivity contribution in [1.82, 2.24) is 14.3 Å².